The molecule has 6 heteroatoms. The summed E-state index contributed by atoms with van der Waals surface area (Å²) in [4.78, 5) is 16.8. The Morgan fingerprint density at radius 1 is 1.00 bits per heavy atom. The van der Waals surface area contributed by atoms with Crippen LogP contribution < -0.4 is 9.47 Å². The molecule has 154 valence electrons. The zero-order valence-electron chi connectivity index (χ0n) is 16.8. The maximum Gasteiger partial charge on any atom is 0.231 e. The van der Waals surface area contributed by atoms with Crippen LogP contribution in [0.15, 0.2) is 42.5 Å². The molecule has 2 aromatic rings. The first-order valence-corrected chi connectivity index (χ1v) is 10.2. The van der Waals surface area contributed by atoms with Crippen molar-refractivity contribution in [2.24, 2.45) is 5.92 Å². The van der Waals surface area contributed by atoms with Crippen molar-refractivity contribution in [1.82, 2.24) is 9.80 Å². The highest BCUT2D eigenvalue weighted by atomic mass is 19.1. The van der Waals surface area contributed by atoms with Gasteiger partial charge in [0, 0.05) is 39.1 Å². The topological polar surface area (TPSA) is 42.0 Å². The summed E-state index contributed by atoms with van der Waals surface area (Å²) in [6, 6.07) is 12.5. The lowest BCUT2D eigenvalue weighted by Crippen LogP contribution is -2.34. The van der Waals surface area contributed by atoms with Gasteiger partial charge in [-0.05, 0) is 47.7 Å². The summed E-state index contributed by atoms with van der Waals surface area (Å²) in [5, 5.41) is 0. The highest BCUT2D eigenvalue weighted by Crippen LogP contribution is 2.33. The van der Waals surface area contributed by atoms with Crippen molar-refractivity contribution in [2.75, 3.05) is 33.0 Å². The van der Waals surface area contributed by atoms with E-state index in [2.05, 4.69) is 24.0 Å². The van der Waals surface area contributed by atoms with E-state index >= 15 is 0 Å². The van der Waals surface area contributed by atoms with Crippen LogP contribution in [0.2, 0.25) is 0 Å². The Morgan fingerprint density at radius 2 is 1.76 bits per heavy atom. The molecule has 2 aliphatic heterocycles. The average Bonchev–Trinajstić information content (AvgIpc) is 3.11. The normalized spacial score (nSPS) is 18.0. The molecule has 1 amide bonds. The molecule has 0 aromatic heterocycles. The molecule has 1 atom stereocenters. The minimum absolute atomic E-state index is 0.167. The highest BCUT2D eigenvalue weighted by molar-refractivity contribution is 5.76. The first-order chi connectivity index (χ1) is 14.1. The lowest BCUT2D eigenvalue weighted by atomic mass is 10.00. The fraction of sp³-hybridized carbons (Fsp3) is 0.435. The summed E-state index contributed by atoms with van der Waals surface area (Å²) in [7, 11) is 0. The average molecular weight is 398 g/mol. The summed E-state index contributed by atoms with van der Waals surface area (Å²) in [6.45, 7) is 6.37. The Bertz CT molecular complexity index is 856. The van der Waals surface area contributed by atoms with E-state index in [1.54, 1.807) is 12.1 Å². The van der Waals surface area contributed by atoms with Gasteiger partial charge in [0.2, 0.25) is 12.7 Å². The predicted molar refractivity (Wildman–Crippen MR) is 108 cm³/mol. The summed E-state index contributed by atoms with van der Waals surface area (Å²) in [5.74, 6) is 2.02. The number of rotatable bonds is 6. The van der Waals surface area contributed by atoms with Crippen LogP contribution in [0.4, 0.5) is 4.39 Å². The van der Waals surface area contributed by atoms with Crippen LogP contribution in [0, 0.1) is 11.7 Å². The monoisotopic (exact) mass is 398 g/mol. The van der Waals surface area contributed by atoms with Crippen molar-refractivity contribution in [1.29, 1.82) is 0 Å². The number of benzene rings is 2. The molecular weight excluding hydrogens is 371 g/mol. The van der Waals surface area contributed by atoms with Gasteiger partial charge in [0.25, 0.3) is 0 Å². The molecule has 0 aliphatic carbocycles. The van der Waals surface area contributed by atoms with Gasteiger partial charge in [0.05, 0.1) is 0 Å². The number of fused-ring (bicyclic) bond motifs is 1. The molecule has 0 N–H and O–H groups in total. The maximum atomic E-state index is 13.1. The van der Waals surface area contributed by atoms with E-state index in [-0.39, 0.29) is 11.7 Å². The van der Waals surface area contributed by atoms with E-state index in [4.69, 9.17) is 9.47 Å². The molecule has 2 aliphatic rings. The van der Waals surface area contributed by atoms with Gasteiger partial charge in [0.15, 0.2) is 11.5 Å². The molecule has 5 nitrogen and oxygen atoms in total. The Morgan fingerprint density at radius 3 is 2.59 bits per heavy atom. The molecule has 29 heavy (non-hydrogen) atoms. The standard InChI is InChI=1S/C23H27FN2O3/c1-17(12-19-4-7-21-22(13-19)29-16-28-21)14-25-9-8-23(27)26(11-10-25)15-18-2-5-20(24)6-3-18/h2-7,13,17H,8-12,14-16H2,1H3. The minimum Gasteiger partial charge on any atom is -0.454 e. The van der Waals surface area contributed by atoms with E-state index in [1.165, 1.54) is 17.7 Å². The van der Waals surface area contributed by atoms with Crippen LogP contribution in [0.25, 0.3) is 0 Å². The van der Waals surface area contributed by atoms with Gasteiger partial charge in [0.1, 0.15) is 5.82 Å². The van der Waals surface area contributed by atoms with Crippen LogP contribution >= 0.6 is 0 Å². The van der Waals surface area contributed by atoms with Crippen molar-refractivity contribution in [2.45, 2.75) is 26.3 Å². The summed E-state index contributed by atoms with van der Waals surface area (Å²) >= 11 is 0. The van der Waals surface area contributed by atoms with Crippen molar-refractivity contribution in [3.8, 4) is 11.5 Å². The molecule has 0 saturated carbocycles. The molecule has 0 radical (unpaired) electrons. The second-order valence-corrected chi connectivity index (χ2v) is 7.99. The fourth-order valence-electron chi connectivity index (χ4n) is 4.05. The van der Waals surface area contributed by atoms with Gasteiger partial charge < -0.3 is 19.3 Å². The van der Waals surface area contributed by atoms with E-state index in [0.29, 0.717) is 32.2 Å². The smallest absolute Gasteiger partial charge is 0.231 e. The van der Waals surface area contributed by atoms with Gasteiger partial charge in [-0.15, -0.1) is 0 Å². The maximum absolute atomic E-state index is 13.1. The SMILES string of the molecule is CC(Cc1ccc2c(c1)OCO2)CN1CCC(=O)N(Cc2ccc(F)cc2)CC1. The van der Waals surface area contributed by atoms with E-state index in [1.807, 2.05) is 11.0 Å². The first kappa shape index (κ1) is 19.7. The predicted octanol–water partition coefficient (Wildman–Crippen LogP) is 3.47. The molecule has 1 saturated heterocycles. The molecule has 2 heterocycles. The van der Waals surface area contributed by atoms with Crippen molar-refractivity contribution < 1.29 is 18.7 Å². The van der Waals surface area contributed by atoms with Gasteiger partial charge in [-0.3, -0.25) is 4.79 Å². The quantitative estimate of drug-likeness (QED) is 0.747. The number of halogens is 1. The van der Waals surface area contributed by atoms with E-state index in [0.717, 1.165) is 43.1 Å². The summed E-state index contributed by atoms with van der Waals surface area (Å²) < 4.78 is 23.9. The van der Waals surface area contributed by atoms with Gasteiger partial charge >= 0.3 is 0 Å². The first-order valence-electron chi connectivity index (χ1n) is 10.2. The number of carbonyl (C=O) groups excluding carboxylic acids is 1. The summed E-state index contributed by atoms with van der Waals surface area (Å²) in [6.07, 6.45) is 1.48. The Hall–Kier alpha value is -2.60. The Labute approximate surface area is 171 Å². The number of ether oxygens (including phenoxy) is 2. The number of nitrogens with zero attached hydrogens (tertiary/aromatic N) is 2. The molecule has 0 spiro atoms. The zero-order chi connectivity index (χ0) is 20.2. The van der Waals surface area contributed by atoms with Crippen LogP contribution in [0.1, 0.15) is 24.5 Å². The number of carbonyl (C=O) groups is 1. The zero-order valence-corrected chi connectivity index (χ0v) is 16.8. The fourth-order valence-corrected chi connectivity index (χ4v) is 4.05. The van der Waals surface area contributed by atoms with Gasteiger partial charge in [-0.25, -0.2) is 4.39 Å². The molecule has 1 fully saturated rings. The van der Waals surface area contributed by atoms with E-state index in [9.17, 15) is 9.18 Å². The van der Waals surface area contributed by atoms with Gasteiger partial charge in [-0.2, -0.15) is 0 Å². The molecule has 2 aromatic carbocycles. The van der Waals surface area contributed by atoms with Crippen LogP contribution in [0.3, 0.4) is 0 Å². The molecule has 1 unspecified atom stereocenters. The van der Waals surface area contributed by atoms with Gasteiger partial charge in [-0.1, -0.05) is 25.1 Å². The van der Waals surface area contributed by atoms with E-state index < -0.39 is 0 Å². The lowest BCUT2D eigenvalue weighted by Gasteiger charge is -2.24. The second kappa shape index (κ2) is 8.82. The number of amides is 1. The van der Waals surface area contributed by atoms with Crippen LogP contribution in [-0.4, -0.2) is 48.7 Å². The van der Waals surface area contributed by atoms with Crippen LogP contribution in [0.5, 0.6) is 11.5 Å². The lowest BCUT2D eigenvalue weighted by molar-refractivity contribution is -0.130. The molecule has 4 rings (SSSR count). The van der Waals surface area contributed by atoms with Crippen molar-refractivity contribution in [3.63, 3.8) is 0 Å². The third-order valence-corrected chi connectivity index (χ3v) is 5.56. The second-order valence-electron chi connectivity index (χ2n) is 7.99. The van der Waals surface area contributed by atoms with Crippen molar-refractivity contribution >= 4 is 5.91 Å². The highest BCUT2D eigenvalue weighted by Gasteiger charge is 2.22. The third kappa shape index (κ3) is 5.07. The Balaban J connectivity index is 1.29. The molecular formula is C23H27FN2O3. The largest absolute Gasteiger partial charge is 0.454 e. The number of hydrogen-bond donors (Lipinski definition) is 0. The number of hydrogen-bond acceptors (Lipinski definition) is 4. The summed E-state index contributed by atoms with van der Waals surface area (Å²) in [5.41, 5.74) is 2.20. The minimum atomic E-state index is -0.251. The third-order valence-electron chi connectivity index (χ3n) is 5.56. The van der Waals surface area contributed by atoms with Crippen LogP contribution in [-0.2, 0) is 17.8 Å². The van der Waals surface area contributed by atoms with Crippen molar-refractivity contribution in [3.05, 3.63) is 59.4 Å². The molecule has 0 bridgehead atoms. The Kier molecular flexibility index (Phi) is 6.00.